The molecule has 4 heteroatoms. The summed E-state index contributed by atoms with van der Waals surface area (Å²) in [7, 11) is 1.76. The van der Waals surface area contributed by atoms with Crippen LogP contribution in [-0.2, 0) is 10.3 Å². The predicted octanol–water partition coefficient (Wildman–Crippen LogP) is 3.71. The molecule has 100 valence electrons. The van der Waals surface area contributed by atoms with E-state index < -0.39 is 0 Å². The third-order valence-electron chi connectivity index (χ3n) is 3.98. The average molecular weight is 267 g/mol. The minimum Gasteiger partial charge on any atom is -0.371 e. The summed E-state index contributed by atoms with van der Waals surface area (Å²) in [5.41, 5.74) is 0.591. The fourth-order valence-electron chi connectivity index (χ4n) is 2.65. The van der Waals surface area contributed by atoms with E-state index in [9.17, 15) is 4.79 Å². The quantitative estimate of drug-likeness (QED) is 0.784. The first-order valence-corrected chi connectivity index (χ1v) is 7.34. The predicted molar refractivity (Wildman–Crippen MR) is 73.2 cm³/mol. The molecular weight excluding hydrogens is 246 g/mol. The van der Waals surface area contributed by atoms with Gasteiger partial charge < -0.3 is 4.74 Å². The van der Waals surface area contributed by atoms with Crippen molar-refractivity contribution in [3.63, 3.8) is 0 Å². The van der Waals surface area contributed by atoms with E-state index in [2.05, 4.69) is 11.9 Å². The molecule has 1 fully saturated rings. The molecule has 0 amide bonds. The van der Waals surface area contributed by atoms with Gasteiger partial charge in [0.15, 0.2) is 5.78 Å². The van der Waals surface area contributed by atoms with Crippen molar-refractivity contribution in [1.29, 1.82) is 0 Å². The average Bonchev–Trinajstić information content (AvgIpc) is 2.73. The SMILES string of the molecule is COC1(c2nc(C)c(C(C)=O)s2)CCC(C)CC1. The third kappa shape index (κ3) is 2.36. The number of thiazole rings is 1. The summed E-state index contributed by atoms with van der Waals surface area (Å²) in [4.78, 5) is 16.9. The fourth-order valence-corrected chi connectivity index (χ4v) is 3.84. The number of rotatable bonds is 3. The Morgan fingerprint density at radius 1 is 1.44 bits per heavy atom. The number of methoxy groups -OCH3 is 1. The van der Waals surface area contributed by atoms with Crippen LogP contribution in [0.3, 0.4) is 0 Å². The minimum absolute atomic E-state index is 0.103. The number of carbonyl (C=O) groups excluding carboxylic acids is 1. The van der Waals surface area contributed by atoms with E-state index in [1.807, 2.05) is 6.92 Å². The number of ketones is 1. The Morgan fingerprint density at radius 3 is 2.50 bits per heavy atom. The Bertz CT molecular complexity index is 445. The van der Waals surface area contributed by atoms with Gasteiger partial charge in [-0.15, -0.1) is 11.3 Å². The van der Waals surface area contributed by atoms with Crippen molar-refractivity contribution in [2.75, 3.05) is 7.11 Å². The molecule has 0 radical (unpaired) electrons. The maximum Gasteiger partial charge on any atom is 0.171 e. The van der Waals surface area contributed by atoms with Crippen LogP contribution < -0.4 is 0 Å². The van der Waals surface area contributed by atoms with Crippen LogP contribution in [0, 0.1) is 12.8 Å². The Hall–Kier alpha value is -0.740. The molecule has 0 aromatic carbocycles. The smallest absolute Gasteiger partial charge is 0.171 e. The van der Waals surface area contributed by atoms with Gasteiger partial charge in [0.2, 0.25) is 0 Å². The highest BCUT2D eigenvalue weighted by molar-refractivity contribution is 7.14. The first kappa shape index (κ1) is 13.7. The molecule has 0 aliphatic heterocycles. The maximum atomic E-state index is 11.5. The second-order valence-corrected chi connectivity index (χ2v) is 6.37. The fraction of sp³-hybridized carbons (Fsp3) is 0.714. The Labute approximate surface area is 113 Å². The highest BCUT2D eigenvalue weighted by atomic mass is 32.1. The molecule has 0 unspecified atom stereocenters. The lowest BCUT2D eigenvalue weighted by Crippen LogP contribution is -2.33. The van der Waals surface area contributed by atoms with Gasteiger partial charge in [-0.3, -0.25) is 4.79 Å². The van der Waals surface area contributed by atoms with Gasteiger partial charge in [0, 0.05) is 14.0 Å². The van der Waals surface area contributed by atoms with Gasteiger partial charge in [-0.1, -0.05) is 6.92 Å². The standard InChI is InChI=1S/C14H21NO2S/c1-9-5-7-14(17-4,8-6-9)13-15-10(2)12(18-13)11(3)16/h9H,5-8H2,1-4H3. The van der Waals surface area contributed by atoms with Crippen molar-refractivity contribution in [2.24, 2.45) is 5.92 Å². The maximum absolute atomic E-state index is 11.5. The summed E-state index contributed by atoms with van der Waals surface area (Å²) in [5, 5.41) is 0.986. The van der Waals surface area contributed by atoms with E-state index in [1.165, 1.54) is 24.2 Å². The highest BCUT2D eigenvalue weighted by Crippen LogP contribution is 2.44. The summed E-state index contributed by atoms with van der Waals surface area (Å²) in [6.45, 7) is 5.80. The molecule has 0 spiro atoms. The molecule has 1 aliphatic rings. The number of aryl methyl sites for hydroxylation is 1. The van der Waals surface area contributed by atoms with Crippen molar-refractivity contribution in [2.45, 2.75) is 52.1 Å². The van der Waals surface area contributed by atoms with Crippen LogP contribution in [0.15, 0.2) is 0 Å². The molecule has 1 saturated carbocycles. The molecule has 0 saturated heterocycles. The van der Waals surface area contributed by atoms with Crippen molar-refractivity contribution in [3.8, 4) is 0 Å². The van der Waals surface area contributed by atoms with E-state index in [4.69, 9.17) is 4.74 Å². The van der Waals surface area contributed by atoms with Gasteiger partial charge >= 0.3 is 0 Å². The molecule has 1 aliphatic carbocycles. The van der Waals surface area contributed by atoms with E-state index in [0.29, 0.717) is 0 Å². The van der Waals surface area contributed by atoms with Crippen LogP contribution in [-0.4, -0.2) is 17.9 Å². The summed E-state index contributed by atoms with van der Waals surface area (Å²) in [5.74, 6) is 0.869. The van der Waals surface area contributed by atoms with Crippen molar-refractivity contribution in [1.82, 2.24) is 4.98 Å². The normalized spacial score (nSPS) is 28.3. The molecule has 1 aromatic rings. The van der Waals surface area contributed by atoms with Crippen LogP contribution >= 0.6 is 11.3 Å². The number of ether oxygens (including phenoxy) is 1. The van der Waals surface area contributed by atoms with E-state index in [-0.39, 0.29) is 11.4 Å². The topological polar surface area (TPSA) is 39.2 Å². The molecule has 0 N–H and O–H groups in total. The van der Waals surface area contributed by atoms with Gasteiger partial charge in [-0.25, -0.2) is 4.98 Å². The van der Waals surface area contributed by atoms with E-state index in [0.717, 1.165) is 34.3 Å². The number of aromatic nitrogens is 1. The molecule has 0 bridgehead atoms. The van der Waals surface area contributed by atoms with Gasteiger partial charge in [-0.05, 0) is 38.5 Å². The van der Waals surface area contributed by atoms with E-state index in [1.54, 1.807) is 14.0 Å². The number of hydrogen-bond donors (Lipinski definition) is 0. The first-order chi connectivity index (χ1) is 8.48. The Kier molecular flexibility index (Phi) is 3.87. The third-order valence-corrected chi connectivity index (χ3v) is 5.42. The van der Waals surface area contributed by atoms with Crippen molar-refractivity contribution < 1.29 is 9.53 Å². The molecule has 1 aromatic heterocycles. The lowest BCUT2D eigenvalue weighted by atomic mass is 9.80. The zero-order valence-electron chi connectivity index (χ0n) is 11.6. The molecular formula is C14H21NO2S. The van der Waals surface area contributed by atoms with Gasteiger partial charge in [0.05, 0.1) is 10.6 Å². The lowest BCUT2D eigenvalue weighted by molar-refractivity contribution is -0.0531. The summed E-state index contributed by atoms with van der Waals surface area (Å²) >= 11 is 1.51. The van der Waals surface area contributed by atoms with Crippen LogP contribution in [0.1, 0.15) is 59.9 Å². The number of hydrogen-bond acceptors (Lipinski definition) is 4. The zero-order valence-corrected chi connectivity index (χ0v) is 12.4. The Morgan fingerprint density at radius 2 is 2.06 bits per heavy atom. The monoisotopic (exact) mass is 267 g/mol. The highest BCUT2D eigenvalue weighted by Gasteiger charge is 2.39. The molecule has 0 atom stereocenters. The second-order valence-electron chi connectivity index (χ2n) is 5.37. The minimum atomic E-state index is -0.254. The molecule has 1 heterocycles. The van der Waals surface area contributed by atoms with Crippen LogP contribution in [0.2, 0.25) is 0 Å². The van der Waals surface area contributed by atoms with Gasteiger partial charge in [0.25, 0.3) is 0 Å². The number of nitrogens with zero attached hydrogens (tertiary/aromatic N) is 1. The zero-order chi connectivity index (χ0) is 13.3. The van der Waals surface area contributed by atoms with Crippen LogP contribution in [0.25, 0.3) is 0 Å². The van der Waals surface area contributed by atoms with Gasteiger partial charge in [0.1, 0.15) is 10.6 Å². The van der Waals surface area contributed by atoms with E-state index >= 15 is 0 Å². The Balaban J connectivity index is 2.33. The lowest BCUT2D eigenvalue weighted by Gasteiger charge is -2.36. The molecule has 2 rings (SSSR count). The number of carbonyl (C=O) groups is 1. The van der Waals surface area contributed by atoms with Crippen molar-refractivity contribution in [3.05, 3.63) is 15.6 Å². The number of Topliss-reactive ketones (excluding diaryl/α,β-unsaturated/α-hetero) is 1. The summed E-state index contributed by atoms with van der Waals surface area (Å²) < 4.78 is 5.80. The molecule has 3 nitrogen and oxygen atoms in total. The molecule has 18 heavy (non-hydrogen) atoms. The van der Waals surface area contributed by atoms with Gasteiger partial charge in [-0.2, -0.15) is 0 Å². The second kappa shape index (κ2) is 5.10. The van der Waals surface area contributed by atoms with Crippen LogP contribution in [0.4, 0.5) is 0 Å². The van der Waals surface area contributed by atoms with Crippen molar-refractivity contribution >= 4 is 17.1 Å². The largest absolute Gasteiger partial charge is 0.371 e. The first-order valence-electron chi connectivity index (χ1n) is 6.52. The summed E-state index contributed by atoms with van der Waals surface area (Å²) in [6, 6.07) is 0. The summed E-state index contributed by atoms with van der Waals surface area (Å²) in [6.07, 6.45) is 4.35. The van der Waals surface area contributed by atoms with Crippen LogP contribution in [0.5, 0.6) is 0 Å².